The van der Waals surface area contributed by atoms with Crippen LogP contribution in [0.3, 0.4) is 0 Å². The van der Waals surface area contributed by atoms with Gasteiger partial charge in [0.2, 0.25) is 0 Å². The van der Waals surface area contributed by atoms with Crippen molar-refractivity contribution in [1.29, 1.82) is 0 Å². The van der Waals surface area contributed by atoms with Crippen LogP contribution in [0.4, 0.5) is 0 Å². The van der Waals surface area contributed by atoms with Crippen molar-refractivity contribution in [2.24, 2.45) is 0 Å². The summed E-state index contributed by atoms with van der Waals surface area (Å²) in [5.41, 5.74) is 4.71. The fourth-order valence-corrected chi connectivity index (χ4v) is 4.09. The van der Waals surface area contributed by atoms with Crippen LogP contribution in [0.2, 0.25) is 0 Å². The van der Waals surface area contributed by atoms with Gasteiger partial charge in [0.1, 0.15) is 9.39 Å². The molecule has 1 amide bonds. The highest BCUT2D eigenvalue weighted by Crippen LogP contribution is 2.34. The van der Waals surface area contributed by atoms with Crippen molar-refractivity contribution in [2.45, 2.75) is 0 Å². The van der Waals surface area contributed by atoms with Gasteiger partial charge < -0.3 is 14.4 Å². The molecule has 1 aliphatic rings. The number of carbonyl (C=O) groups is 2. The molecule has 1 N–H and O–H groups in total. The molecule has 1 aliphatic heterocycles. The van der Waals surface area contributed by atoms with Crippen molar-refractivity contribution in [3.05, 3.63) is 63.4 Å². The number of benzene rings is 2. The second kappa shape index (κ2) is 8.97. The summed E-state index contributed by atoms with van der Waals surface area (Å²) in [6.45, 7) is 2.39. The Kier molecular flexibility index (Phi) is 6.14. The van der Waals surface area contributed by atoms with Crippen LogP contribution in [0.5, 0.6) is 0 Å². The second-order valence-electron chi connectivity index (χ2n) is 6.81. The lowest BCUT2D eigenvalue weighted by molar-refractivity contribution is 0.0303. The highest BCUT2D eigenvalue weighted by molar-refractivity contribution is 14.1. The van der Waals surface area contributed by atoms with E-state index in [0.717, 1.165) is 26.1 Å². The Balaban J connectivity index is 1.61. The number of aromatic amines is 1. The maximum Gasteiger partial charge on any atom is 0.337 e. The molecular weight excluding hydrogens is 497 g/mol. The topological polar surface area (TPSA) is 84.5 Å². The van der Waals surface area contributed by atoms with Gasteiger partial charge in [0.15, 0.2) is 0 Å². The number of hydrogen-bond donors (Lipinski definition) is 1. The number of nitrogens with one attached hydrogen (secondary N) is 1. The first-order chi connectivity index (χ1) is 14.6. The number of rotatable bonds is 4. The van der Waals surface area contributed by atoms with Crippen molar-refractivity contribution in [2.75, 3.05) is 33.4 Å². The van der Waals surface area contributed by atoms with E-state index in [0.29, 0.717) is 37.4 Å². The number of carbonyl (C=O) groups excluding carboxylic acids is 2. The molecule has 30 heavy (non-hydrogen) atoms. The number of hydrogen-bond acceptors (Lipinski definition) is 5. The van der Waals surface area contributed by atoms with E-state index in [1.807, 2.05) is 41.3 Å². The van der Waals surface area contributed by atoms with Crippen LogP contribution in [-0.4, -0.2) is 60.4 Å². The fraction of sp³-hybridized carbons (Fsp3) is 0.227. The van der Waals surface area contributed by atoms with Crippen molar-refractivity contribution in [1.82, 2.24) is 15.1 Å². The molecule has 8 heteroatoms. The van der Waals surface area contributed by atoms with E-state index in [1.54, 1.807) is 12.1 Å². The molecule has 0 bridgehead atoms. The molecule has 1 aromatic heterocycles. The third kappa shape index (κ3) is 4.10. The quantitative estimate of drug-likeness (QED) is 0.423. The van der Waals surface area contributed by atoms with Gasteiger partial charge in [-0.15, -0.1) is 0 Å². The van der Waals surface area contributed by atoms with E-state index >= 15 is 0 Å². The standard InChI is InChI=1S/C22H20IN3O4/c1-29-22(28)17-8-4-15(5-9-17)19-18(20(23)25-24-19)14-2-6-16(7-3-14)21(27)26-10-12-30-13-11-26/h2-9H,10-13H2,1H3,(H,24,25). The second-order valence-corrected chi connectivity index (χ2v) is 7.89. The third-order valence-electron chi connectivity index (χ3n) is 5.02. The number of esters is 1. The third-order valence-corrected chi connectivity index (χ3v) is 5.80. The van der Waals surface area contributed by atoms with Gasteiger partial charge >= 0.3 is 5.97 Å². The maximum atomic E-state index is 12.7. The Morgan fingerprint density at radius 2 is 1.60 bits per heavy atom. The van der Waals surface area contributed by atoms with Crippen LogP contribution >= 0.6 is 22.6 Å². The lowest BCUT2D eigenvalue weighted by atomic mass is 9.99. The van der Waals surface area contributed by atoms with E-state index in [2.05, 4.69) is 32.8 Å². The summed E-state index contributed by atoms with van der Waals surface area (Å²) in [7, 11) is 1.36. The molecule has 1 fully saturated rings. The average Bonchev–Trinajstić information content (AvgIpc) is 3.20. The molecule has 0 aliphatic carbocycles. The molecule has 4 rings (SSSR count). The maximum absolute atomic E-state index is 12.7. The smallest absolute Gasteiger partial charge is 0.337 e. The molecule has 3 aromatic rings. The first-order valence-electron chi connectivity index (χ1n) is 9.48. The van der Waals surface area contributed by atoms with Crippen molar-refractivity contribution in [3.8, 4) is 22.4 Å². The zero-order valence-electron chi connectivity index (χ0n) is 16.4. The van der Waals surface area contributed by atoms with Gasteiger partial charge in [-0.25, -0.2) is 4.79 Å². The minimum Gasteiger partial charge on any atom is -0.465 e. The summed E-state index contributed by atoms with van der Waals surface area (Å²) in [5, 5.41) is 7.48. The van der Waals surface area contributed by atoms with Crippen LogP contribution in [0.1, 0.15) is 20.7 Å². The van der Waals surface area contributed by atoms with Gasteiger partial charge in [-0.2, -0.15) is 5.10 Å². The molecule has 7 nitrogen and oxygen atoms in total. The number of ether oxygens (including phenoxy) is 2. The first-order valence-corrected chi connectivity index (χ1v) is 10.6. The number of aromatic nitrogens is 2. The Morgan fingerprint density at radius 3 is 2.23 bits per heavy atom. The summed E-state index contributed by atoms with van der Waals surface area (Å²) in [6, 6.07) is 14.7. The number of nitrogens with zero attached hydrogens (tertiary/aromatic N) is 2. The number of H-pyrrole nitrogens is 1. The molecule has 0 atom stereocenters. The fourth-order valence-electron chi connectivity index (χ4n) is 3.40. The Morgan fingerprint density at radius 1 is 1.00 bits per heavy atom. The van der Waals surface area contributed by atoms with Crippen LogP contribution in [0, 0.1) is 3.70 Å². The molecule has 0 unspecified atom stereocenters. The molecule has 2 heterocycles. The van der Waals surface area contributed by atoms with E-state index in [4.69, 9.17) is 9.47 Å². The Bertz CT molecular complexity index is 1050. The lowest BCUT2D eigenvalue weighted by Gasteiger charge is -2.26. The normalized spacial score (nSPS) is 13.9. The largest absolute Gasteiger partial charge is 0.465 e. The van der Waals surface area contributed by atoms with E-state index in [-0.39, 0.29) is 11.9 Å². The van der Waals surface area contributed by atoms with Gasteiger partial charge in [0.25, 0.3) is 5.91 Å². The number of methoxy groups -OCH3 is 1. The summed E-state index contributed by atoms with van der Waals surface area (Å²) in [4.78, 5) is 26.2. The van der Waals surface area contributed by atoms with Crippen molar-refractivity contribution >= 4 is 34.5 Å². The first kappa shape index (κ1) is 20.5. The minimum atomic E-state index is -0.376. The minimum absolute atomic E-state index is 0.0189. The molecule has 0 spiro atoms. The molecule has 154 valence electrons. The lowest BCUT2D eigenvalue weighted by Crippen LogP contribution is -2.40. The summed E-state index contributed by atoms with van der Waals surface area (Å²) in [5.74, 6) is -0.357. The summed E-state index contributed by atoms with van der Waals surface area (Å²) in [6.07, 6.45) is 0. The van der Waals surface area contributed by atoms with Gasteiger partial charge in [-0.1, -0.05) is 24.3 Å². The van der Waals surface area contributed by atoms with Crippen LogP contribution in [-0.2, 0) is 9.47 Å². The average molecular weight is 517 g/mol. The highest BCUT2D eigenvalue weighted by atomic mass is 127. The van der Waals surface area contributed by atoms with Gasteiger partial charge in [0, 0.05) is 29.8 Å². The zero-order chi connectivity index (χ0) is 21.1. The number of morpholine rings is 1. The number of amides is 1. The summed E-state index contributed by atoms with van der Waals surface area (Å²) < 4.78 is 11.0. The zero-order valence-corrected chi connectivity index (χ0v) is 18.5. The Hall–Kier alpha value is -2.72. The van der Waals surface area contributed by atoms with Gasteiger partial charge in [-0.05, 0) is 52.4 Å². The monoisotopic (exact) mass is 517 g/mol. The van der Waals surface area contributed by atoms with E-state index in [9.17, 15) is 9.59 Å². The molecule has 0 saturated carbocycles. The predicted molar refractivity (Wildman–Crippen MR) is 120 cm³/mol. The molecular formula is C22H20IN3O4. The van der Waals surface area contributed by atoms with Crippen molar-refractivity contribution < 1.29 is 19.1 Å². The predicted octanol–water partition coefficient (Wildman–Crippen LogP) is 3.61. The summed E-state index contributed by atoms with van der Waals surface area (Å²) >= 11 is 2.21. The SMILES string of the molecule is COC(=O)c1ccc(-c2n[nH]c(I)c2-c2ccc(C(=O)N3CCOCC3)cc2)cc1. The van der Waals surface area contributed by atoms with Gasteiger partial charge in [-0.3, -0.25) is 9.89 Å². The van der Waals surface area contributed by atoms with E-state index < -0.39 is 0 Å². The molecule has 1 saturated heterocycles. The number of halogens is 1. The van der Waals surface area contributed by atoms with Gasteiger partial charge in [0.05, 0.1) is 25.9 Å². The van der Waals surface area contributed by atoms with Crippen LogP contribution < -0.4 is 0 Å². The highest BCUT2D eigenvalue weighted by Gasteiger charge is 2.20. The van der Waals surface area contributed by atoms with E-state index in [1.165, 1.54) is 7.11 Å². The van der Waals surface area contributed by atoms with Crippen molar-refractivity contribution in [3.63, 3.8) is 0 Å². The molecule has 0 radical (unpaired) electrons. The van der Waals surface area contributed by atoms with Crippen LogP contribution in [0.15, 0.2) is 48.5 Å². The van der Waals surface area contributed by atoms with Crippen LogP contribution in [0.25, 0.3) is 22.4 Å². The molecule has 2 aromatic carbocycles. The Labute approximate surface area is 187 Å².